The van der Waals surface area contributed by atoms with Gasteiger partial charge in [-0.3, -0.25) is 9.67 Å². The molecule has 0 amide bonds. The number of nitrogens with two attached hydrogens (primary N) is 1. The van der Waals surface area contributed by atoms with Gasteiger partial charge in [0.2, 0.25) is 0 Å². The van der Waals surface area contributed by atoms with E-state index in [1.807, 2.05) is 30.1 Å². The molecule has 0 unspecified atom stereocenters. The van der Waals surface area contributed by atoms with Crippen molar-refractivity contribution in [3.63, 3.8) is 0 Å². The second kappa shape index (κ2) is 4.85. The van der Waals surface area contributed by atoms with Crippen LogP contribution in [0.25, 0.3) is 11.3 Å². The zero-order valence-corrected chi connectivity index (χ0v) is 9.30. The van der Waals surface area contributed by atoms with Crippen molar-refractivity contribution in [2.75, 3.05) is 6.54 Å². The van der Waals surface area contributed by atoms with Crippen LogP contribution in [0.4, 0.5) is 0 Å². The number of hydrogen-bond acceptors (Lipinski definition) is 4. The van der Waals surface area contributed by atoms with Crippen molar-refractivity contribution in [2.45, 2.75) is 19.9 Å². The highest BCUT2D eigenvalue weighted by atomic mass is 15.4. The molecule has 0 aliphatic rings. The molecule has 0 saturated carbocycles. The van der Waals surface area contributed by atoms with E-state index in [9.17, 15) is 0 Å². The van der Waals surface area contributed by atoms with Crippen LogP contribution in [0.3, 0.4) is 0 Å². The van der Waals surface area contributed by atoms with Crippen molar-refractivity contribution in [1.82, 2.24) is 20.0 Å². The van der Waals surface area contributed by atoms with Gasteiger partial charge in [-0.25, -0.2) is 0 Å². The van der Waals surface area contributed by atoms with E-state index >= 15 is 0 Å². The summed E-state index contributed by atoms with van der Waals surface area (Å²) in [5.74, 6) is 0. The third kappa shape index (κ3) is 2.25. The number of pyridine rings is 1. The fourth-order valence-corrected chi connectivity index (χ4v) is 1.52. The maximum absolute atomic E-state index is 5.45. The summed E-state index contributed by atoms with van der Waals surface area (Å²) in [7, 11) is 0. The minimum Gasteiger partial charge on any atom is -0.330 e. The first kappa shape index (κ1) is 10.8. The Bertz CT molecular complexity index is 463. The van der Waals surface area contributed by atoms with Gasteiger partial charge in [0.1, 0.15) is 5.69 Å². The second-order valence-electron chi connectivity index (χ2n) is 3.70. The molecule has 5 heteroatoms. The Morgan fingerprint density at radius 2 is 2.31 bits per heavy atom. The average molecular weight is 217 g/mol. The van der Waals surface area contributed by atoms with Crippen molar-refractivity contribution in [3.05, 3.63) is 30.2 Å². The molecule has 2 aromatic heterocycles. The van der Waals surface area contributed by atoms with Gasteiger partial charge < -0.3 is 5.73 Å². The number of nitrogens with zero attached hydrogens (tertiary/aromatic N) is 4. The third-order valence-corrected chi connectivity index (χ3v) is 2.45. The molecule has 2 N–H and O–H groups in total. The van der Waals surface area contributed by atoms with Crippen LogP contribution in [-0.4, -0.2) is 26.5 Å². The first-order valence-electron chi connectivity index (χ1n) is 5.32. The molecule has 0 aliphatic carbocycles. The number of aryl methyl sites for hydroxylation is 2. The van der Waals surface area contributed by atoms with Crippen LogP contribution < -0.4 is 5.73 Å². The van der Waals surface area contributed by atoms with Crippen LogP contribution in [-0.2, 0) is 6.54 Å². The third-order valence-electron chi connectivity index (χ3n) is 2.45. The molecule has 2 heterocycles. The Morgan fingerprint density at radius 1 is 1.44 bits per heavy atom. The van der Waals surface area contributed by atoms with Gasteiger partial charge in [0.25, 0.3) is 0 Å². The molecular weight excluding hydrogens is 202 g/mol. The molecule has 0 saturated heterocycles. The summed E-state index contributed by atoms with van der Waals surface area (Å²) in [6.07, 6.45) is 6.43. The zero-order chi connectivity index (χ0) is 11.4. The summed E-state index contributed by atoms with van der Waals surface area (Å²) in [5, 5.41) is 8.19. The summed E-state index contributed by atoms with van der Waals surface area (Å²) in [5.41, 5.74) is 8.49. The maximum atomic E-state index is 5.45. The van der Waals surface area contributed by atoms with Crippen LogP contribution in [0, 0.1) is 6.92 Å². The van der Waals surface area contributed by atoms with Crippen molar-refractivity contribution < 1.29 is 0 Å². The maximum Gasteiger partial charge on any atom is 0.114 e. The normalized spacial score (nSPS) is 10.6. The molecule has 0 bridgehead atoms. The lowest BCUT2D eigenvalue weighted by Gasteiger charge is -1.99. The fraction of sp³-hybridized carbons (Fsp3) is 0.364. The fourth-order valence-electron chi connectivity index (χ4n) is 1.52. The minimum atomic E-state index is 0.668. The largest absolute Gasteiger partial charge is 0.330 e. The first-order valence-corrected chi connectivity index (χ1v) is 5.32. The highest BCUT2D eigenvalue weighted by Gasteiger charge is 2.06. The van der Waals surface area contributed by atoms with Crippen molar-refractivity contribution in [1.29, 1.82) is 0 Å². The van der Waals surface area contributed by atoms with Crippen LogP contribution in [0.15, 0.2) is 24.7 Å². The van der Waals surface area contributed by atoms with Gasteiger partial charge in [0.15, 0.2) is 0 Å². The molecule has 84 valence electrons. The van der Waals surface area contributed by atoms with Crippen LogP contribution >= 0.6 is 0 Å². The van der Waals surface area contributed by atoms with Crippen molar-refractivity contribution >= 4 is 0 Å². The molecule has 16 heavy (non-hydrogen) atoms. The standard InChI is InChI=1S/C11H15N5/c1-9-3-5-13-7-10(9)11-8-16(15-14-11)6-2-4-12/h3,5,7-8H,2,4,6,12H2,1H3. The lowest BCUT2D eigenvalue weighted by molar-refractivity contribution is 0.564. The van der Waals surface area contributed by atoms with Crippen LogP contribution in [0.5, 0.6) is 0 Å². The van der Waals surface area contributed by atoms with Crippen LogP contribution in [0.1, 0.15) is 12.0 Å². The minimum absolute atomic E-state index is 0.668. The van der Waals surface area contributed by atoms with Crippen molar-refractivity contribution in [2.24, 2.45) is 5.73 Å². The average Bonchev–Trinajstić information content (AvgIpc) is 2.75. The molecule has 0 aromatic carbocycles. The predicted octanol–water partition coefficient (Wildman–Crippen LogP) is 0.997. The SMILES string of the molecule is Cc1ccncc1-c1cn(CCCN)nn1. The van der Waals surface area contributed by atoms with Gasteiger partial charge >= 0.3 is 0 Å². The monoisotopic (exact) mass is 217 g/mol. The van der Waals surface area contributed by atoms with E-state index in [1.165, 1.54) is 0 Å². The van der Waals surface area contributed by atoms with E-state index in [0.29, 0.717) is 6.54 Å². The number of rotatable bonds is 4. The van der Waals surface area contributed by atoms with E-state index in [2.05, 4.69) is 15.3 Å². The van der Waals surface area contributed by atoms with E-state index in [1.54, 1.807) is 6.20 Å². The van der Waals surface area contributed by atoms with E-state index < -0.39 is 0 Å². The topological polar surface area (TPSA) is 69.6 Å². The molecular formula is C11H15N5. The lowest BCUT2D eigenvalue weighted by Crippen LogP contribution is -2.06. The van der Waals surface area contributed by atoms with E-state index in [-0.39, 0.29) is 0 Å². The quantitative estimate of drug-likeness (QED) is 0.829. The molecule has 0 atom stereocenters. The summed E-state index contributed by atoms with van der Waals surface area (Å²) < 4.78 is 1.81. The van der Waals surface area contributed by atoms with E-state index in [0.717, 1.165) is 29.8 Å². The Labute approximate surface area is 94.3 Å². The van der Waals surface area contributed by atoms with Crippen molar-refractivity contribution in [3.8, 4) is 11.3 Å². The molecule has 0 spiro atoms. The summed E-state index contributed by atoms with van der Waals surface area (Å²) >= 11 is 0. The first-order chi connectivity index (χ1) is 7.81. The van der Waals surface area contributed by atoms with Gasteiger partial charge in [-0.15, -0.1) is 5.10 Å². The highest BCUT2D eigenvalue weighted by molar-refractivity contribution is 5.60. The molecule has 5 nitrogen and oxygen atoms in total. The molecule has 2 rings (SSSR count). The van der Waals surface area contributed by atoms with Gasteiger partial charge in [-0.1, -0.05) is 5.21 Å². The lowest BCUT2D eigenvalue weighted by atomic mass is 10.1. The number of aromatic nitrogens is 4. The summed E-state index contributed by atoms with van der Waals surface area (Å²) in [6, 6.07) is 1.97. The van der Waals surface area contributed by atoms with Gasteiger partial charge in [0, 0.05) is 24.5 Å². The zero-order valence-electron chi connectivity index (χ0n) is 9.30. The molecule has 0 fully saturated rings. The highest BCUT2D eigenvalue weighted by Crippen LogP contribution is 2.18. The Morgan fingerprint density at radius 3 is 3.06 bits per heavy atom. The van der Waals surface area contributed by atoms with Gasteiger partial charge in [-0.2, -0.15) is 0 Å². The molecule has 0 radical (unpaired) electrons. The molecule has 2 aromatic rings. The van der Waals surface area contributed by atoms with Gasteiger partial charge in [-0.05, 0) is 31.5 Å². The van der Waals surface area contributed by atoms with E-state index in [4.69, 9.17) is 5.73 Å². The second-order valence-corrected chi connectivity index (χ2v) is 3.70. The predicted molar refractivity (Wildman–Crippen MR) is 61.7 cm³/mol. The Balaban J connectivity index is 2.22. The summed E-state index contributed by atoms with van der Waals surface area (Å²) in [6.45, 7) is 3.51. The summed E-state index contributed by atoms with van der Waals surface area (Å²) in [4.78, 5) is 4.10. The Hall–Kier alpha value is -1.75. The van der Waals surface area contributed by atoms with Crippen LogP contribution in [0.2, 0.25) is 0 Å². The molecule has 0 aliphatic heterocycles. The smallest absolute Gasteiger partial charge is 0.114 e. The van der Waals surface area contributed by atoms with Gasteiger partial charge in [0.05, 0.1) is 6.20 Å². The number of hydrogen-bond donors (Lipinski definition) is 1. The Kier molecular flexibility index (Phi) is 3.26.